The number of benzene rings is 2. The molecular weight excluding hydrogens is 281 g/mol. The van der Waals surface area contributed by atoms with Gasteiger partial charge in [-0.1, -0.05) is 18.2 Å². The van der Waals surface area contributed by atoms with Gasteiger partial charge in [0.15, 0.2) is 0 Å². The largest absolute Gasteiger partial charge is 0.326 e. The molecule has 0 atom stereocenters. The molecule has 0 aromatic heterocycles. The topological polar surface area (TPSA) is 58.7 Å². The van der Waals surface area contributed by atoms with E-state index in [0.717, 1.165) is 11.1 Å². The molecule has 3 rings (SSSR count). The fourth-order valence-corrected chi connectivity index (χ4v) is 2.55. The Balaban J connectivity index is 2.25. The van der Waals surface area contributed by atoms with Gasteiger partial charge in [0.25, 0.3) is 0 Å². The van der Waals surface area contributed by atoms with Gasteiger partial charge in [0.1, 0.15) is 12.4 Å². The summed E-state index contributed by atoms with van der Waals surface area (Å²) >= 11 is 0. The molecule has 0 fully saturated rings. The average molecular weight is 297 g/mol. The molecule has 2 aromatic rings. The highest BCUT2D eigenvalue weighted by Gasteiger charge is 2.23. The van der Waals surface area contributed by atoms with Gasteiger partial charge in [-0.25, -0.2) is 4.39 Å². The number of nitrogens with two attached hydrogens (primary N) is 1. The number of nitrogens with zero attached hydrogens (tertiary/aromatic N) is 2. The number of aliphatic imine (C=N–C) groups is 1. The van der Waals surface area contributed by atoms with Crippen molar-refractivity contribution in [1.29, 1.82) is 0 Å². The predicted molar refractivity (Wildman–Crippen MR) is 84.6 cm³/mol. The number of halogens is 1. The second-order valence-electron chi connectivity index (χ2n) is 5.15. The first kappa shape index (κ1) is 14.4. The van der Waals surface area contributed by atoms with Crippen molar-refractivity contribution in [2.75, 3.05) is 18.5 Å². The fourth-order valence-electron chi connectivity index (χ4n) is 2.55. The van der Waals surface area contributed by atoms with Crippen molar-refractivity contribution in [3.05, 3.63) is 65.0 Å². The first-order valence-electron chi connectivity index (χ1n) is 7.01. The van der Waals surface area contributed by atoms with Crippen LogP contribution in [0, 0.1) is 5.82 Å². The Hall–Kier alpha value is -2.53. The first-order valence-corrected chi connectivity index (χ1v) is 7.01. The monoisotopic (exact) mass is 297 g/mol. The van der Waals surface area contributed by atoms with Crippen LogP contribution in [-0.2, 0) is 11.3 Å². The second kappa shape index (κ2) is 5.69. The van der Waals surface area contributed by atoms with Gasteiger partial charge in [-0.15, -0.1) is 0 Å². The summed E-state index contributed by atoms with van der Waals surface area (Å²) in [7, 11) is 1.70. The van der Waals surface area contributed by atoms with Gasteiger partial charge in [-0.3, -0.25) is 9.79 Å². The maximum atomic E-state index is 14.2. The maximum Gasteiger partial charge on any atom is 0.248 e. The third-order valence-electron chi connectivity index (χ3n) is 3.79. The van der Waals surface area contributed by atoms with Gasteiger partial charge < -0.3 is 10.6 Å². The van der Waals surface area contributed by atoms with Crippen molar-refractivity contribution in [3.63, 3.8) is 0 Å². The number of benzodiazepines with no additional fused rings is 1. The van der Waals surface area contributed by atoms with E-state index in [0.29, 0.717) is 23.5 Å². The molecule has 0 radical (unpaired) electrons. The summed E-state index contributed by atoms with van der Waals surface area (Å²) in [6.45, 7) is 0.363. The van der Waals surface area contributed by atoms with E-state index in [9.17, 15) is 9.18 Å². The molecule has 1 aliphatic heterocycles. The number of carbonyl (C=O) groups is 1. The van der Waals surface area contributed by atoms with E-state index in [4.69, 9.17) is 5.73 Å². The third-order valence-corrected chi connectivity index (χ3v) is 3.79. The molecule has 0 spiro atoms. The summed E-state index contributed by atoms with van der Waals surface area (Å²) < 4.78 is 14.2. The molecule has 22 heavy (non-hydrogen) atoms. The lowest BCUT2D eigenvalue weighted by Gasteiger charge is -2.18. The van der Waals surface area contributed by atoms with Crippen LogP contribution in [0.4, 0.5) is 10.1 Å². The van der Waals surface area contributed by atoms with Gasteiger partial charge in [0.2, 0.25) is 5.91 Å². The zero-order valence-corrected chi connectivity index (χ0v) is 12.2. The van der Waals surface area contributed by atoms with Crippen molar-refractivity contribution in [2.45, 2.75) is 6.54 Å². The third kappa shape index (κ3) is 2.40. The molecule has 0 saturated carbocycles. The second-order valence-corrected chi connectivity index (χ2v) is 5.15. The molecule has 1 amide bonds. The van der Waals surface area contributed by atoms with Crippen molar-refractivity contribution in [3.8, 4) is 0 Å². The molecule has 0 saturated heterocycles. The van der Waals surface area contributed by atoms with Gasteiger partial charge in [0.05, 0.1) is 11.4 Å². The Morgan fingerprint density at radius 2 is 2.00 bits per heavy atom. The van der Waals surface area contributed by atoms with Crippen LogP contribution in [0.5, 0.6) is 0 Å². The molecule has 112 valence electrons. The number of carbonyl (C=O) groups excluding carboxylic acids is 1. The van der Waals surface area contributed by atoms with E-state index in [2.05, 4.69) is 4.99 Å². The smallest absolute Gasteiger partial charge is 0.248 e. The lowest BCUT2D eigenvalue weighted by atomic mass is 9.98. The minimum absolute atomic E-state index is 0.00714. The average Bonchev–Trinajstić information content (AvgIpc) is 2.66. The van der Waals surface area contributed by atoms with Crippen LogP contribution < -0.4 is 10.6 Å². The first-order chi connectivity index (χ1) is 10.6. The van der Waals surface area contributed by atoms with Crippen molar-refractivity contribution in [2.24, 2.45) is 10.7 Å². The molecule has 4 nitrogen and oxygen atoms in total. The molecule has 0 unspecified atom stereocenters. The number of anilines is 1. The SMILES string of the molecule is CN1C(=O)CN=C(c2ccccc2F)c2cc(CN)ccc21. The fraction of sp³-hybridized carbons (Fsp3) is 0.176. The van der Waals surface area contributed by atoms with Crippen LogP contribution in [0.25, 0.3) is 0 Å². The molecule has 2 aromatic carbocycles. The van der Waals surface area contributed by atoms with Crippen LogP contribution in [0.3, 0.4) is 0 Å². The van der Waals surface area contributed by atoms with Gasteiger partial charge in [0, 0.05) is 24.7 Å². The molecule has 2 N–H and O–H groups in total. The van der Waals surface area contributed by atoms with E-state index in [-0.39, 0.29) is 18.3 Å². The van der Waals surface area contributed by atoms with Crippen LogP contribution in [0.2, 0.25) is 0 Å². The number of likely N-dealkylation sites (N-methyl/N-ethyl adjacent to an activating group) is 1. The van der Waals surface area contributed by atoms with E-state index in [1.54, 1.807) is 30.1 Å². The summed E-state index contributed by atoms with van der Waals surface area (Å²) in [5.41, 5.74) is 8.92. The van der Waals surface area contributed by atoms with Crippen LogP contribution in [-0.4, -0.2) is 25.2 Å². The summed E-state index contributed by atoms with van der Waals surface area (Å²) in [5.74, 6) is -0.490. The predicted octanol–water partition coefficient (Wildman–Crippen LogP) is 2.10. The lowest BCUT2D eigenvalue weighted by Crippen LogP contribution is -2.27. The van der Waals surface area contributed by atoms with Gasteiger partial charge in [-0.2, -0.15) is 0 Å². The summed E-state index contributed by atoms with van der Waals surface area (Å²) in [6, 6.07) is 12.0. The molecule has 5 heteroatoms. The minimum Gasteiger partial charge on any atom is -0.326 e. The lowest BCUT2D eigenvalue weighted by molar-refractivity contribution is -0.116. The number of hydrogen-bond donors (Lipinski definition) is 1. The number of rotatable bonds is 2. The Morgan fingerprint density at radius 1 is 1.23 bits per heavy atom. The zero-order valence-electron chi connectivity index (χ0n) is 12.2. The Morgan fingerprint density at radius 3 is 2.73 bits per heavy atom. The highest BCUT2D eigenvalue weighted by atomic mass is 19.1. The quantitative estimate of drug-likeness (QED) is 0.923. The molecule has 0 bridgehead atoms. The normalized spacial score (nSPS) is 14.4. The maximum absolute atomic E-state index is 14.2. The number of amides is 1. The van der Waals surface area contributed by atoms with E-state index in [1.165, 1.54) is 6.07 Å². The molecule has 1 heterocycles. The molecule has 1 aliphatic rings. The van der Waals surface area contributed by atoms with Crippen LogP contribution >= 0.6 is 0 Å². The van der Waals surface area contributed by atoms with E-state index in [1.807, 2.05) is 18.2 Å². The zero-order chi connectivity index (χ0) is 15.7. The highest BCUT2D eigenvalue weighted by molar-refractivity contribution is 6.19. The summed E-state index contributed by atoms with van der Waals surface area (Å²) in [4.78, 5) is 18.0. The summed E-state index contributed by atoms with van der Waals surface area (Å²) in [5, 5.41) is 0. The minimum atomic E-state index is -0.359. The Kier molecular flexibility index (Phi) is 3.73. The number of hydrogen-bond acceptors (Lipinski definition) is 3. The van der Waals surface area contributed by atoms with Crippen LogP contribution in [0.1, 0.15) is 16.7 Å². The summed E-state index contributed by atoms with van der Waals surface area (Å²) in [6.07, 6.45) is 0. The Bertz CT molecular complexity index is 770. The van der Waals surface area contributed by atoms with E-state index < -0.39 is 0 Å². The Labute approximate surface area is 128 Å². The van der Waals surface area contributed by atoms with Gasteiger partial charge >= 0.3 is 0 Å². The van der Waals surface area contributed by atoms with Crippen molar-refractivity contribution in [1.82, 2.24) is 0 Å². The van der Waals surface area contributed by atoms with E-state index >= 15 is 0 Å². The highest BCUT2D eigenvalue weighted by Crippen LogP contribution is 2.28. The molecule has 0 aliphatic carbocycles. The van der Waals surface area contributed by atoms with Crippen molar-refractivity contribution >= 4 is 17.3 Å². The van der Waals surface area contributed by atoms with Crippen molar-refractivity contribution < 1.29 is 9.18 Å². The standard InChI is InChI=1S/C17H16FN3O/c1-21-15-7-6-11(9-19)8-13(15)17(20-10-16(21)22)12-4-2-3-5-14(12)18/h2-8H,9-10,19H2,1H3. The van der Waals surface area contributed by atoms with Gasteiger partial charge in [-0.05, 0) is 29.8 Å². The molecular formula is C17H16FN3O. The number of fused-ring (bicyclic) bond motifs is 1. The van der Waals surface area contributed by atoms with Crippen LogP contribution in [0.15, 0.2) is 47.5 Å².